The molecule has 0 aliphatic carbocycles. The van der Waals surface area contributed by atoms with Gasteiger partial charge in [0.05, 0.1) is 48.7 Å². The molecule has 4 aliphatic heterocycles. The average Bonchev–Trinajstić information content (AvgIpc) is 3.75. The minimum Gasteiger partial charge on any atom is -0.493 e. The molecule has 3 fully saturated rings. The van der Waals surface area contributed by atoms with Crippen LogP contribution in [0.15, 0.2) is 66.9 Å². The number of alkyl halides is 2. The Balaban J connectivity index is 0.803. The van der Waals surface area contributed by atoms with Gasteiger partial charge in [0.25, 0.3) is 17.7 Å². The number of rotatable bonds is 14. The summed E-state index contributed by atoms with van der Waals surface area (Å²) in [7, 11) is -0.583. The minimum absolute atomic E-state index is 0.0454. The van der Waals surface area contributed by atoms with E-state index in [0.717, 1.165) is 16.7 Å². The van der Waals surface area contributed by atoms with Crippen molar-refractivity contribution in [3.8, 4) is 23.0 Å². The third kappa shape index (κ3) is 9.53. The van der Waals surface area contributed by atoms with Gasteiger partial charge in [0.15, 0.2) is 28.9 Å². The molecule has 0 radical (unpaired) electrons. The Bertz CT molecular complexity index is 2960. The minimum atomic E-state index is -3.70. The highest BCUT2D eigenvalue weighted by Gasteiger charge is 2.49. The van der Waals surface area contributed by atoms with E-state index in [9.17, 15) is 27.6 Å². The van der Waals surface area contributed by atoms with E-state index in [1.807, 2.05) is 4.90 Å². The van der Waals surface area contributed by atoms with E-state index in [1.54, 1.807) is 61.3 Å². The fourth-order valence-corrected chi connectivity index (χ4v) is 10.9. The van der Waals surface area contributed by atoms with Gasteiger partial charge >= 0.3 is 6.03 Å². The molecular weight excluding hydrogens is 922 g/mol. The van der Waals surface area contributed by atoms with Gasteiger partial charge in [-0.25, -0.2) is 31.4 Å². The second-order valence-corrected chi connectivity index (χ2v) is 20.1. The molecule has 9 rings (SSSR count). The molecule has 0 spiro atoms. The zero-order valence-electron chi connectivity index (χ0n) is 38.4. The Hall–Kier alpha value is -6.74. The molecule has 17 nitrogen and oxygen atoms in total. The molecule has 6 heterocycles. The highest BCUT2D eigenvalue weighted by atomic mass is 32.2. The van der Waals surface area contributed by atoms with E-state index in [4.69, 9.17) is 14.2 Å². The van der Waals surface area contributed by atoms with Crippen molar-refractivity contribution in [3.05, 3.63) is 94.9 Å². The fourth-order valence-electron chi connectivity index (χ4n) is 9.98. The first-order valence-electron chi connectivity index (χ1n) is 22.7. The molecule has 364 valence electrons. The van der Waals surface area contributed by atoms with E-state index in [1.165, 1.54) is 41.1 Å². The number of methoxy groups -OCH3 is 1. The maximum absolute atomic E-state index is 16.0. The number of aryl methyl sites for hydroxylation is 1. The van der Waals surface area contributed by atoms with Crippen LogP contribution in [0.5, 0.6) is 23.0 Å². The SMILES string of the molecule is CCOc1cc([C@@H](CS(C)(=O)=O)N2C(=O)c3cnc(N4CCC([C@H]5CCN(Cc6ccc(Oc7cc8c(cc7F)c(N7CCC(=O)NC7=O)nn8C)cc6)CC5(F)F)CC4)cc3C2=O)ccc1OC. The second-order valence-electron chi connectivity index (χ2n) is 18.0. The lowest BCUT2D eigenvalue weighted by Gasteiger charge is -2.44. The largest absolute Gasteiger partial charge is 0.493 e. The standard InChI is InChI=1S/C48H51F3N8O9S/c1-5-67-41-20-30(8-11-39(41)66-3)38(26-69(4,64)65)59-45(61)32-22-42(52-24-34(32)46(59)62)57-17-12-29(13-18-57)35-14-16-56(27-48(35,50)51)25-28-6-9-31(10-7-28)68-40-23-37-33(21-36(40)49)44(54-55(37)2)58-19-15-43(60)53-47(58)63/h6-11,20-24,29,35,38H,5,12-19,25-27H2,1-4H3,(H,53,60,63)/t35-,38-/m1/s1. The monoisotopic (exact) mass is 972 g/mol. The molecule has 5 aromatic rings. The third-order valence-corrected chi connectivity index (χ3v) is 14.3. The van der Waals surface area contributed by atoms with Crippen molar-refractivity contribution in [1.29, 1.82) is 0 Å². The van der Waals surface area contributed by atoms with Crippen LogP contribution in [0.25, 0.3) is 10.9 Å². The van der Waals surface area contributed by atoms with Crippen molar-refractivity contribution in [2.45, 2.75) is 51.1 Å². The maximum atomic E-state index is 16.0. The van der Waals surface area contributed by atoms with Crippen LogP contribution in [0.1, 0.15) is 70.5 Å². The lowest BCUT2D eigenvalue weighted by molar-refractivity contribution is -0.133. The summed E-state index contributed by atoms with van der Waals surface area (Å²) in [5.74, 6) is -5.33. The van der Waals surface area contributed by atoms with Crippen molar-refractivity contribution in [3.63, 3.8) is 0 Å². The van der Waals surface area contributed by atoms with Crippen LogP contribution in [0.4, 0.5) is 29.6 Å². The van der Waals surface area contributed by atoms with E-state index >= 15 is 13.2 Å². The molecule has 69 heavy (non-hydrogen) atoms. The van der Waals surface area contributed by atoms with Crippen molar-refractivity contribution in [2.24, 2.45) is 18.9 Å². The molecule has 0 unspecified atom stereocenters. The number of carbonyl (C=O) groups is 4. The van der Waals surface area contributed by atoms with Crippen LogP contribution in [0.3, 0.4) is 0 Å². The fraction of sp³-hybridized carbons (Fsp3) is 0.417. The summed E-state index contributed by atoms with van der Waals surface area (Å²) in [5.41, 5.74) is 1.79. The highest BCUT2D eigenvalue weighted by Crippen LogP contribution is 2.44. The van der Waals surface area contributed by atoms with Gasteiger partial charge in [-0.05, 0) is 86.2 Å². The number of anilines is 2. The first-order valence-corrected chi connectivity index (χ1v) is 24.7. The normalized spacial score (nSPS) is 19.5. The van der Waals surface area contributed by atoms with Crippen LogP contribution in [-0.2, 0) is 28.2 Å². The second kappa shape index (κ2) is 18.6. The van der Waals surface area contributed by atoms with Gasteiger partial charge in [0.2, 0.25) is 5.91 Å². The Kier molecular flexibility index (Phi) is 12.8. The number of ether oxygens (including phenoxy) is 3. The number of benzene rings is 3. The summed E-state index contributed by atoms with van der Waals surface area (Å²) >= 11 is 0. The summed E-state index contributed by atoms with van der Waals surface area (Å²) in [4.78, 5) is 62.3. The average molecular weight is 973 g/mol. The van der Waals surface area contributed by atoms with Crippen molar-refractivity contribution in [2.75, 3.05) is 68.2 Å². The number of imide groups is 2. The smallest absolute Gasteiger partial charge is 0.329 e. The van der Waals surface area contributed by atoms with Gasteiger partial charge in [0.1, 0.15) is 21.4 Å². The number of nitrogens with zero attached hydrogens (tertiary/aromatic N) is 7. The topological polar surface area (TPSA) is 186 Å². The van der Waals surface area contributed by atoms with E-state index in [-0.39, 0.29) is 48.1 Å². The number of sulfone groups is 1. The molecule has 3 aromatic carbocycles. The van der Waals surface area contributed by atoms with Gasteiger partial charge < -0.3 is 19.1 Å². The molecule has 0 saturated carbocycles. The van der Waals surface area contributed by atoms with E-state index in [2.05, 4.69) is 15.4 Å². The number of aromatic nitrogens is 3. The zero-order chi connectivity index (χ0) is 48.9. The number of urea groups is 1. The summed E-state index contributed by atoms with van der Waals surface area (Å²) in [6, 6.07) is 14.0. The quantitative estimate of drug-likeness (QED) is 0.119. The number of halogens is 3. The number of amides is 5. The summed E-state index contributed by atoms with van der Waals surface area (Å²) in [6.45, 7) is 3.35. The lowest BCUT2D eigenvalue weighted by atomic mass is 9.76. The van der Waals surface area contributed by atoms with Gasteiger partial charge in [0, 0.05) is 69.5 Å². The van der Waals surface area contributed by atoms with Crippen molar-refractivity contribution in [1.82, 2.24) is 29.9 Å². The Labute approximate surface area is 396 Å². The van der Waals surface area contributed by atoms with Gasteiger partial charge in [-0.3, -0.25) is 39.1 Å². The van der Waals surface area contributed by atoms with Crippen LogP contribution >= 0.6 is 0 Å². The van der Waals surface area contributed by atoms with Gasteiger partial charge in [-0.1, -0.05) is 18.2 Å². The molecule has 21 heteroatoms. The number of fused-ring (bicyclic) bond motifs is 2. The lowest BCUT2D eigenvalue weighted by Crippen LogP contribution is -2.52. The molecule has 5 amide bonds. The summed E-state index contributed by atoms with van der Waals surface area (Å²) in [5, 5.41) is 7.01. The number of carbonyl (C=O) groups excluding carboxylic acids is 4. The molecule has 2 aromatic heterocycles. The third-order valence-electron chi connectivity index (χ3n) is 13.3. The molecule has 4 aliphatic rings. The van der Waals surface area contributed by atoms with Crippen LogP contribution in [0, 0.1) is 17.7 Å². The Morgan fingerprint density at radius 1 is 0.899 bits per heavy atom. The molecule has 1 N–H and O–H groups in total. The first kappa shape index (κ1) is 47.3. The molecule has 3 saturated heterocycles. The number of likely N-dealkylation sites (tertiary alicyclic amines) is 1. The predicted octanol–water partition coefficient (Wildman–Crippen LogP) is 6.51. The zero-order valence-corrected chi connectivity index (χ0v) is 39.2. The van der Waals surface area contributed by atoms with Crippen molar-refractivity contribution < 1.29 is 55.0 Å². The highest BCUT2D eigenvalue weighted by molar-refractivity contribution is 7.90. The van der Waals surface area contributed by atoms with Crippen LogP contribution in [0.2, 0.25) is 0 Å². The molecule has 0 bridgehead atoms. The van der Waals surface area contributed by atoms with Gasteiger partial charge in [-0.15, -0.1) is 0 Å². The predicted molar refractivity (Wildman–Crippen MR) is 247 cm³/mol. The summed E-state index contributed by atoms with van der Waals surface area (Å²) < 4.78 is 91.2. The first-order chi connectivity index (χ1) is 32.9. The van der Waals surface area contributed by atoms with E-state index < -0.39 is 69.6 Å². The van der Waals surface area contributed by atoms with Crippen LogP contribution in [-0.4, -0.2) is 121 Å². The number of nitrogens with one attached hydrogen (secondary N) is 1. The Morgan fingerprint density at radius 2 is 1.64 bits per heavy atom. The van der Waals surface area contributed by atoms with Crippen molar-refractivity contribution >= 4 is 56.1 Å². The number of hydrogen-bond acceptors (Lipinski definition) is 13. The molecule has 2 atom stereocenters. The van der Waals surface area contributed by atoms with E-state index in [0.29, 0.717) is 85.0 Å². The summed E-state index contributed by atoms with van der Waals surface area (Å²) in [6.07, 6.45) is 3.70. The van der Waals surface area contributed by atoms with Crippen LogP contribution < -0.4 is 29.3 Å². The maximum Gasteiger partial charge on any atom is 0.329 e. The molecular formula is C48H51F3N8O9S. The number of hydrogen-bond donors (Lipinski definition) is 1. The Morgan fingerprint density at radius 3 is 2.32 bits per heavy atom. The number of piperidine rings is 2. The van der Waals surface area contributed by atoms with Gasteiger partial charge in [-0.2, -0.15) is 5.10 Å². The number of pyridine rings is 1.